The van der Waals surface area contributed by atoms with E-state index < -0.39 is 5.97 Å². The summed E-state index contributed by atoms with van der Waals surface area (Å²) in [4.78, 5) is 28.1. The molecule has 4 nitrogen and oxygen atoms in total. The number of thioether (sulfide) groups is 1. The first-order valence-corrected chi connectivity index (χ1v) is 7.75. The maximum Gasteiger partial charge on any atom is 0.341 e. The van der Waals surface area contributed by atoms with E-state index in [-0.39, 0.29) is 23.7 Å². The number of Topliss-reactive ketones (excluding diaryl/α,β-unsaturated/α-hetero) is 1. The number of rotatable bonds is 8. The van der Waals surface area contributed by atoms with E-state index >= 15 is 0 Å². The van der Waals surface area contributed by atoms with Gasteiger partial charge in [-0.15, -0.1) is 0 Å². The van der Waals surface area contributed by atoms with Gasteiger partial charge in [0.1, 0.15) is 5.57 Å². The van der Waals surface area contributed by atoms with E-state index in [0.29, 0.717) is 5.69 Å². The smallest absolute Gasteiger partial charge is 0.341 e. The van der Waals surface area contributed by atoms with Crippen molar-refractivity contribution in [2.24, 2.45) is 0 Å². The highest BCUT2D eigenvalue weighted by molar-refractivity contribution is 7.99. The maximum atomic E-state index is 12.1. The number of hydrogen-bond acceptors (Lipinski definition) is 5. The third-order valence-electron chi connectivity index (χ3n) is 2.36. The van der Waals surface area contributed by atoms with E-state index in [1.54, 1.807) is 31.3 Å². The number of pyridine rings is 1. The molecule has 0 unspecified atom stereocenters. The predicted molar refractivity (Wildman–Crippen MR) is 81.5 cm³/mol. The number of esters is 1. The zero-order valence-corrected chi connectivity index (χ0v) is 12.6. The van der Waals surface area contributed by atoms with Gasteiger partial charge in [-0.2, -0.15) is 11.8 Å². The van der Waals surface area contributed by atoms with E-state index in [0.717, 1.165) is 12.2 Å². The van der Waals surface area contributed by atoms with Gasteiger partial charge in [-0.05, 0) is 37.3 Å². The van der Waals surface area contributed by atoms with Gasteiger partial charge in [0, 0.05) is 6.20 Å². The van der Waals surface area contributed by atoms with Crippen molar-refractivity contribution in [3.05, 3.63) is 35.7 Å². The first kappa shape index (κ1) is 16.4. The lowest BCUT2D eigenvalue weighted by atomic mass is 10.1. The molecule has 108 valence electrons. The van der Waals surface area contributed by atoms with Gasteiger partial charge in [0.25, 0.3) is 0 Å². The third kappa shape index (κ3) is 5.57. The topological polar surface area (TPSA) is 56.3 Å². The number of ketones is 1. The van der Waals surface area contributed by atoms with Crippen LogP contribution in [-0.4, -0.2) is 34.8 Å². The fourth-order valence-electron chi connectivity index (χ4n) is 1.46. The molecule has 0 spiro atoms. The van der Waals surface area contributed by atoms with Gasteiger partial charge < -0.3 is 4.74 Å². The lowest BCUT2D eigenvalue weighted by Gasteiger charge is -2.06. The summed E-state index contributed by atoms with van der Waals surface area (Å²) in [6, 6.07) is 5.32. The van der Waals surface area contributed by atoms with Gasteiger partial charge in [-0.25, -0.2) is 4.79 Å². The van der Waals surface area contributed by atoms with Crippen LogP contribution in [0.3, 0.4) is 0 Å². The highest BCUT2D eigenvalue weighted by Crippen LogP contribution is 2.12. The predicted octanol–water partition coefficient (Wildman–Crippen LogP) is 2.74. The molecular weight excluding hydrogens is 274 g/mol. The molecule has 0 aliphatic carbocycles. The van der Waals surface area contributed by atoms with Crippen molar-refractivity contribution >= 4 is 29.6 Å². The van der Waals surface area contributed by atoms with Crippen LogP contribution in [0, 0.1) is 0 Å². The average molecular weight is 293 g/mol. The summed E-state index contributed by atoms with van der Waals surface area (Å²) in [5, 5.41) is 0. The Morgan fingerprint density at radius 1 is 1.35 bits per heavy atom. The van der Waals surface area contributed by atoms with Gasteiger partial charge >= 0.3 is 5.97 Å². The Balaban J connectivity index is 2.88. The van der Waals surface area contributed by atoms with Crippen LogP contribution in [-0.2, 0) is 14.3 Å². The molecule has 5 heteroatoms. The molecule has 1 heterocycles. The van der Waals surface area contributed by atoms with Gasteiger partial charge in [0.05, 0.1) is 18.1 Å². The molecule has 0 amide bonds. The fourth-order valence-corrected chi connectivity index (χ4v) is 2.23. The Morgan fingerprint density at radius 2 is 2.15 bits per heavy atom. The number of carbonyl (C=O) groups excluding carboxylic acids is 2. The lowest BCUT2D eigenvalue weighted by Crippen LogP contribution is -2.17. The molecule has 0 fully saturated rings. The Bertz CT molecular complexity index is 471. The second-order valence-corrected chi connectivity index (χ2v) is 5.11. The van der Waals surface area contributed by atoms with Crippen LogP contribution in [0.4, 0.5) is 0 Å². The van der Waals surface area contributed by atoms with Crippen LogP contribution in [0.2, 0.25) is 0 Å². The molecule has 1 aromatic rings. The van der Waals surface area contributed by atoms with Gasteiger partial charge in [0.15, 0.2) is 5.78 Å². The minimum absolute atomic E-state index is 0.0640. The quantitative estimate of drug-likeness (QED) is 0.242. The summed E-state index contributed by atoms with van der Waals surface area (Å²) in [6.45, 7) is 4.01. The van der Waals surface area contributed by atoms with Gasteiger partial charge in [-0.3, -0.25) is 9.78 Å². The van der Waals surface area contributed by atoms with E-state index in [2.05, 4.69) is 4.98 Å². The minimum atomic E-state index is -0.583. The van der Waals surface area contributed by atoms with Crippen LogP contribution >= 0.6 is 11.8 Å². The van der Waals surface area contributed by atoms with Crippen molar-refractivity contribution in [3.8, 4) is 0 Å². The second kappa shape index (κ2) is 9.31. The van der Waals surface area contributed by atoms with Crippen molar-refractivity contribution in [3.63, 3.8) is 0 Å². The Labute approximate surface area is 123 Å². The summed E-state index contributed by atoms with van der Waals surface area (Å²) in [6.07, 6.45) is 4.11. The zero-order valence-electron chi connectivity index (χ0n) is 11.8. The lowest BCUT2D eigenvalue weighted by molar-refractivity contribution is -0.139. The van der Waals surface area contributed by atoms with Crippen molar-refractivity contribution < 1.29 is 14.3 Å². The molecule has 0 saturated heterocycles. The van der Waals surface area contributed by atoms with E-state index in [1.807, 2.05) is 6.92 Å². The molecule has 0 aliphatic heterocycles. The van der Waals surface area contributed by atoms with E-state index in [1.165, 1.54) is 17.8 Å². The number of ether oxygens (including phenoxy) is 1. The molecule has 1 aromatic heterocycles. The van der Waals surface area contributed by atoms with Crippen LogP contribution in [0.15, 0.2) is 30.0 Å². The van der Waals surface area contributed by atoms with Crippen molar-refractivity contribution in [1.29, 1.82) is 0 Å². The van der Waals surface area contributed by atoms with Crippen molar-refractivity contribution in [1.82, 2.24) is 4.98 Å². The maximum absolute atomic E-state index is 12.1. The van der Waals surface area contributed by atoms with Crippen LogP contribution in [0.1, 0.15) is 26.0 Å². The molecular formula is C15H19NO3S. The van der Waals surface area contributed by atoms with Crippen LogP contribution in [0.25, 0.3) is 6.08 Å². The molecule has 0 aromatic carbocycles. The van der Waals surface area contributed by atoms with Crippen LogP contribution in [0.5, 0.6) is 0 Å². The summed E-state index contributed by atoms with van der Waals surface area (Å²) in [7, 11) is 0. The molecule has 0 aliphatic rings. The molecule has 1 rings (SSSR count). The number of aromatic nitrogens is 1. The van der Waals surface area contributed by atoms with Gasteiger partial charge in [0.2, 0.25) is 0 Å². The Hall–Kier alpha value is -1.62. The summed E-state index contributed by atoms with van der Waals surface area (Å²) in [5.41, 5.74) is 0.638. The Morgan fingerprint density at radius 3 is 2.75 bits per heavy atom. The molecule has 0 bridgehead atoms. The number of carbonyl (C=O) groups is 2. The number of hydrogen-bond donors (Lipinski definition) is 0. The van der Waals surface area contributed by atoms with Crippen molar-refractivity contribution in [2.75, 3.05) is 18.1 Å². The summed E-state index contributed by atoms with van der Waals surface area (Å²) in [5.74, 6) is 0.379. The first-order valence-electron chi connectivity index (χ1n) is 6.59. The monoisotopic (exact) mass is 293 g/mol. The standard InChI is InChI=1S/C15H19NO3S/c1-3-9-20-11-14(17)13(15(18)19-4-2)10-12-7-5-6-8-16-12/h5-8,10H,3-4,9,11H2,1-2H3. The minimum Gasteiger partial charge on any atom is -0.462 e. The van der Waals surface area contributed by atoms with E-state index in [9.17, 15) is 9.59 Å². The van der Waals surface area contributed by atoms with E-state index in [4.69, 9.17) is 4.74 Å². The third-order valence-corrected chi connectivity index (χ3v) is 3.52. The molecule has 0 radical (unpaired) electrons. The van der Waals surface area contributed by atoms with Crippen LogP contribution < -0.4 is 0 Å². The van der Waals surface area contributed by atoms with Crippen molar-refractivity contribution in [2.45, 2.75) is 20.3 Å². The molecule has 0 atom stereocenters. The number of nitrogens with zero attached hydrogens (tertiary/aromatic N) is 1. The summed E-state index contributed by atoms with van der Waals surface area (Å²) >= 11 is 1.52. The summed E-state index contributed by atoms with van der Waals surface area (Å²) < 4.78 is 4.94. The highest BCUT2D eigenvalue weighted by atomic mass is 32.2. The SMILES string of the molecule is CCCSCC(=O)C(=Cc1ccccn1)C(=O)OCC. The fraction of sp³-hybridized carbons (Fsp3) is 0.400. The molecule has 0 saturated carbocycles. The largest absolute Gasteiger partial charge is 0.462 e. The zero-order chi connectivity index (χ0) is 14.8. The Kier molecular flexibility index (Phi) is 7.65. The average Bonchev–Trinajstić information content (AvgIpc) is 2.46. The highest BCUT2D eigenvalue weighted by Gasteiger charge is 2.19. The first-order chi connectivity index (χ1) is 9.69. The molecule has 0 N–H and O–H groups in total. The van der Waals surface area contributed by atoms with Gasteiger partial charge in [-0.1, -0.05) is 13.0 Å². The molecule has 20 heavy (non-hydrogen) atoms. The second-order valence-electron chi connectivity index (χ2n) is 4.01. The normalized spacial score (nSPS) is 11.2.